The number of benzene rings is 1. The number of rotatable bonds is 2. The Labute approximate surface area is 185 Å². The van der Waals surface area contributed by atoms with Crippen LogP contribution in [0.2, 0.25) is 0 Å². The average Bonchev–Trinajstić information content (AvgIpc) is 3.01. The number of carbonyl (C=O) groups is 3. The summed E-state index contributed by atoms with van der Waals surface area (Å²) in [6.07, 6.45) is 3.97. The Morgan fingerprint density at radius 1 is 0.935 bits per heavy atom. The first kappa shape index (κ1) is 21.7. The fraction of sp³-hybridized carbons (Fsp3) is 0.625. The molecule has 3 fully saturated rings. The van der Waals surface area contributed by atoms with Crippen molar-refractivity contribution < 1.29 is 14.4 Å². The summed E-state index contributed by atoms with van der Waals surface area (Å²) in [4.78, 5) is 46.3. The van der Waals surface area contributed by atoms with Gasteiger partial charge < -0.3 is 19.6 Å². The van der Waals surface area contributed by atoms with E-state index in [1.54, 1.807) is 19.0 Å². The molecule has 0 N–H and O–H groups in total. The van der Waals surface area contributed by atoms with Gasteiger partial charge in [-0.15, -0.1) is 0 Å². The highest BCUT2D eigenvalue weighted by Crippen LogP contribution is 2.52. The Morgan fingerprint density at radius 3 is 2.06 bits per heavy atom. The second-order valence-electron chi connectivity index (χ2n) is 9.55. The van der Waals surface area contributed by atoms with Crippen LogP contribution in [0.3, 0.4) is 0 Å². The molecular formula is C24H34N4O3. The van der Waals surface area contributed by atoms with Crippen LogP contribution in [0.4, 0.5) is 4.79 Å². The van der Waals surface area contributed by atoms with Crippen LogP contribution in [0.5, 0.6) is 0 Å². The lowest BCUT2D eigenvalue weighted by molar-refractivity contribution is -0.140. The van der Waals surface area contributed by atoms with Gasteiger partial charge in [0.15, 0.2) is 0 Å². The topological polar surface area (TPSA) is 64.2 Å². The molecule has 0 unspecified atom stereocenters. The highest BCUT2D eigenvalue weighted by molar-refractivity contribution is 5.94. The molecule has 31 heavy (non-hydrogen) atoms. The standard InChI is InChI=1S/C24H34N4O3/c1-4-28-21(30)23(10-14-27(15-11-23)22(31)25(2)3)18-24(28)12-16-26(17-13-24)20(29)19-8-6-5-7-9-19/h5-9H,4,10-18H2,1-3H3. The summed E-state index contributed by atoms with van der Waals surface area (Å²) >= 11 is 0. The van der Waals surface area contributed by atoms with Gasteiger partial charge in [-0.05, 0) is 51.2 Å². The lowest BCUT2D eigenvalue weighted by Gasteiger charge is -2.45. The van der Waals surface area contributed by atoms with E-state index in [0.717, 1.165) is 37.7 Å². The Balaban J connectivity index is 1.46. The summed E-state index contributed by atoms with van der Waals surface area (Å²) < 4.78 is 0. The molecule has 2 spiro atoms. The average molecular weight is 427 g/mol. The van der Waals surface area contributed by atoms with Crippen LogP contribution in [0.1, 0.15) is 49.4 Å². The van der Waals surface area contributed by atoms with E-state index in [1.165, 1.54) is 0 Å². The first-order chi connectivity index (χ1) is 14.8. The SMILES string of the molecule is CCN1C(=O)C2(CCN(C(=O)N(C)C)CC2)CC12CCN(C(=O)c1ccccc1)CC2. The van der Waals surface area contributed by atoms with Crippen molar-refractivity contribution in [1.82, 2.24) is 19.6 Å². The van der Waals surface area contributed by atoms with E-state index in [2.05, 4.69) is 11.8 Å². The van der Waals surface area contributed by atoms with Gasteiger partial charge in [-0.3, -0.25) is 9.59 Å². The van der Waals surface area contributed by atoms with Gasteiger partial charge in [0.1, 0.15) is 0 Å². The van der Waals surface area contributed by atoms with E-state index in [4.69, 9.17) is 0 Å². The summed E-state index contributed by atoms with van der Waals surface area (Å²) in [6.45, 7) is 5.39. The molecule has 3 aliphatic rings. The predicted octanol–water partition coefficient (Wildman–Crippen LogP) is 2.68. The summed E-state index contributed by atoms with van der Waals surface area (Å²) in [5.41, 5.74) is 0.209. The fourth-order valence-corrected chi connectivity index (χ4v) is 5.92. The first-order valence-electron chi connectivity index (χ1n) is 11.4. The summed E-state index contributed by atoms with van der Waals surface area (Å²) in [7, 11) is 3.54. The number of piperidine rings is 2. The number of likely N-dealkylation sites (tertiary alicyclic amines) is 3. The molecule has 4 amide bonds. The minimum Gasteiger partial charge on any atom is -0.338 e. The van der Waals surface area contributed by atoms with Crippen LogP contribution in [0, 0.1) is 5.41 Å². The third-order valence-electron chi connectivity index (χ3n) is 7.63. The van der Waals surface area contributed by atoms with E-state index in [1.807, 2.05) is 40.1 Å². The zero-order valence-corrected chi connectivity index (χ0v) is 19.0. The lowest BCUT2D eigenvalue weighted by atomic mass is 9.71. The zero-order valence-electron chi connectivity index (χ0n) is 19.0. The van der Waals surface area contributed by atoms with E-state index in [9.17, 15) is 14.4 Å². The number of urea groups is 1. The van der Waals surface area contributed by atoms with Crippen LogP contribution in [0.25, 0.3) is 0 Å². The van der Waals surface area contributed by atoms with Crippen LogP contribution >= 0.6 is 0 Å². The van der Waals surface area contributed by atoms with Gasteiger partial charge in [-0.1, -0.05) is 18.2 Å². The maximum Gasteiger partial charge on any atom is 0.319 e. The van der Waals surface area contributed by atoms with Crippen molar-refractivity contribution in [2.24, 2.45) is 5.41 Å². The molecule has 0 radical (unpaired) electrons. The van der Waals surface area contributed by atoms with Crippen molar-refractivity contribution in [2.45, 2.75) is 44.6 Å². The highest BCUT2D eigenvalue weighted by Gasteiger charge is 2.59. The van der Waals surface area contributed by atoms with Crippen molar-refractivity contribution in [3.8, 4) is 0 Å². The molecule has 0 aromatic heterocycles. The van der Waals surface area contributed by atoms with E-state index in [0.29, 0.717) is 32.7 Å². The largest absolute Gasteiger partial charge is 0.338 e. The highest BCUT2D eigenvalue weighted by atomic mass is 16.2. The molecule has 0 atom stereocenters. The molecule has 7 heteroatoms. The van der Waals surface area contributed by atoms with E-state index >= 15 is 0 Å². The number of hydrogen-bond donors (Lipinski definition) is 0. The Bertz CT molecular complexity index is 838. The molecule has 168 valence electrons. The van der Waals surface area contributed by atoms with Crippen LogP contribution in [0.15, 0.2) is 30.3 Å². The zero-order chi connectivity index (χ0) is 22.2. The van der Waals surface area contributed by atoms with Crippen LogP contribution in [-0.2, 0) is 4.79 Å². The van der Waals surface area contributed by atoms with Crippen molar-refractivity contribution in [2.75, 3.05) is 46.8 Å². The van der Waals surface area contributed by atoms with Gasteiger partial charge in [0.2, 0.25) is 5.91 Å². The Kier molecular flexibility index (Phi) is 5.71. The van der Waals surface area contributed by atoms with Crippen LogP contribution in [-0.4, -0.2) is 89.8 Å². The monoisotopic (exact) mass is 426 g/mol. The molecule has 0 saturated carbocycles. The number of hydrogen-bond acceptors (Lipinski definition) is 3. The van der Waals surface area contributed by atoms with Gasteiger partial charge in [-0.25, -0.2) is 4.79 Å². The smallest absolute Gasteiger partial charge is 0.319 e. The summed E-state index contributed by atoms with van der Waals surface area (Å²) in [5.74, 6) is 0.336. The molecule has 7 nitrogen and oxygen atoms in total. The molecule has 1 aromatic carbocycles. The quantitative estimate of drug-likeness (QED) is 0.730. The van der Waals surface area contributed by atoms with E-state index in [-0.39, 0.29) is 28.8 Å². The van der Waals surface area contributed by atoms with Crippen molar-refractivity contribution in [3.05, 3.63) is 35.9 Å². The number of nitrogens with zero attached hydrogens (tertiary/aromatic N) is 4. The van der Waals surface area contributed by atoms with Crippen molar-refractivity contribution >= 4 is 17.8 Å². The molecular weight excluding hydrogens is 392 g/mol. The third-order valence-corrected chi connectivity index (χ3v) is 7.63. The summed E-state index contributed by atoms with van der Waals surface area (Å²) in [6, 6.07) is 9.45. The Hall–Kier alpha value is -2.57. The van der Waals surface area contributed by atoms with Crippen LogP contribution < -0.4 is 0 Å². The molecule has 3 aliphatic heterocycles. The molecule has 0 bridgehead atoms. The Morgan fingerprint density at radius 2 is 1.52 bits per heavy atom. The van der Waals surface area contributed by atoms with Gasteiger partial charge >= 0.3 is 6.03 Å². The second kappa shape index (κ2) is 8.17. The molecule has 1 aromatic rings. The maximum atomic E-state index is 13.6. The first-order valence-corrected chi connectivity index (χ1v) is 11.4. The fourth-order valence-electron chi connectivity index (χ4n) is 5.92. The lowest BCUT2D eigenvalue weighted by Crippen LogP contribution is -2.54. The van der Waals surface area contributed by atoms with Crippen molar-refractivity contribution in [3.63, 3.8) is 0 Å². The van der Waals surface area contributed by atoms with E-state index < -0.39 is 0 Å². The normalized spacial score (nSPS) is 22.3. The van der Waals surface area contributed by atoms with Gasteiger partial charge in [0.25, 0.3) is 5.91 Å². The number of amides is 4. The molecule has 0 aliphatic carbocycles. The number of carbonyl (C=O) groups excluding carboxylic acids is 3. The minimum atomic E-state index is -0.356. The van der Waals surface area contributed by atoms with Gasteiger partial charge in [0, 0.05) is 57.9 Å². The van der Waals surface area contributed by atoms with Gasteiger partial charge in [-0.2, -0.15) is 0 Å². The molecule has 3 heterocycles. The minimum absolute atomic E-state index is 0.0232. The van der Waals surface area contributed by atoms with Crippen molar-refractivity contribution in [1.29, 1.82) is 0 Å². The maximum absolute atomic E-state index is 13.6. The van der Waals surface area contributed by atoms with Gasteiger partial charge in [0.05, 0.1) is 5.41 Å². The molecule has 3 saturated heterocycles. The second-order valence-corrected chi connectivity index (χ2v) is 9.55. The summed E-state index contributed by atoms with van der Waals surface area (Å²) in [5, 5.41) is 0. The molecule has 4 rings (SSSR count). The predicted molar refractivity (Wildman–Crippen MR) is 119 cm³/mol. The third kappa shape index (κ3) is 3.68.